The number of ether oxygens (including phenoxy) is 7. The summed E-state index contributed by atoms with van der Waals surface area (Å²) in [6, 6.07) is 18.0. The van der Waals surface area contributed by atoms with E-state index in [1.165, 1.54) is 16.7 Å². The van der Waals surface area contributed by atoms with Crippen molar-refractivity contribution >= 4 is 17.9 Å². The SMILES string of the molecule is C=C(C)C(=O)OCCOc1c2cc(CCCC)cc1Cc1cc(CCCC)cc(c1OCCOC(=O)C(=C)C)Cc1cc(CCCC)cc(c1OCCOC(=O)C(=C)C)Cc1cc(CCCC)cc(c1OCCO)C2. The smallest absolute Gasteiger partial charge is 0.333 e. The van der Waals surface area contributed by atoms with E-state index >= 15 is 0 Å². The van der Waals surface area contributed by atoms with Crippen LogP contribution < -0.4 is 18.9 Å². The highest BCUT2D eigenvalue weighted by Crippen LogP contribution is 2.41. The number of esters is 3. The number of hydrogen-bond donors (Lipinski definition) is 1. The van der Waals surface area contributed by atoms with Crippen LogP contribution in [-0.2, 0) is 80.0 Å². The number of hydrogen-bond acceptors (Lipinski definition) is 11. The third kappa shape index (κ3) is 18.2. The molecule has 0 aliphatic heterocycles. The summed E-state index contributed by atoms with van der Waals surface area (Å²) in [5.41, 5.74) is 13.2. The molecule has 0 saturated heterocycles. The maximum absolute atomic E-state index is 12.6. The Morgan fingerprint density at radius 2 is 0.600 bits per heavy atom. The molecule has 0 saturated carbocycles. The van der Waals surface area contributed by atoms with Gasteiger partial charge in [0.25, 0.3) is 0 Å². The zero-order chi connectivity index (χ0) is 54.3. The van der Waals surface area contributed by atoms with E-state index in [4.69, 9.17) is 33.2 Å². The van der Waals surface area contributed by atoms with Crippen molar-refractivity contribution in [2.24, 2.45) is 0 Å². The number of carbonyl (C=O) groups is 3. The van der Waals surface area contributed by atoms with Gasteiger partial charge in [0.2, 0.25) is 0 Å². The maximum atomic E-state index is 12.6. The van der Waals surface area contributed by atoms with Crippen molar-refractivity contribution in [2.75, 3.05) is 52.9 Å². The quantitative estimate of drug-likeness (QED) is 0.0204. The number of unbranched alkanes of at least 4 members (excludes halogenated alkanes) is 4. The summed E-state index contributed by atoms with van der Waals surface area (Å²) >= 11 is 0. The molecule has 0 fully saturated rings. The Kier molecular flexibility index (Phi) is 24.5. The molecule has 0 aromatic heterocycles. The van der Waals surface area contributed by atoms with Crippen LogP contribution in [-0.4, -0.2) is 75.9 Å². The fraction of sp³-hybridized carbons (Fsp3) is 0.484. The summed E-state index contributed by atoms with van der Waals surface area (Å²) in [6.07, 6.45) is 13.2. The standard InChI is InChI=1S/C64H84O11/c1-11-15-19-46-31-50-39-52-33-47(20-16-12-2)35-54(59(52)70-25-28-73-62(66)43(5)6)41-56-37-49(22-18-14-4)38-57(61(56)72-27-30-75-64(68)45(9)10)42-55-36-48(21-17-13-3)34-53(40-51(32-46)58(50)69-24-23-65)60(55)71-26-29-74-63(67)44(7)8/h31-38,65H,5,7,9,11-30,39-42H2,1-4,6,8,10H3. The number of aryl methyl sites for hydroxylation is 4. The second-order valence-electron chi connectivity index (χ2n) is 20.0. The number of aliphatic hydroxyl groups is 1. The third-order valence-electron chi connectivity index (χ3n) is 13.1. The molecular weight excluding hydrogens is 945 g/mol. The maximum Gasteiger partial charge on any atom is 0.333 e. The van der Waals surface area contributed by atoms with Crippen molar-refractivity contribution in [3.8, 4) is 23.0 Å². The van der Waals surface area contributed by atoms with Gasteiger partial charge < -0.3 is 38.3 Å². The molecule has 1 aliphatic rings. The Hall–Kier alpha value is -6.33. The summed E-state index contributed by atoms with van der Waals surface area (Å²) < 4.78 is 44.1. The topological polar surface area (TPSA) is 136 Å². The van der Waals surface area contributed by atoms with Crippen LogP contribution in [0.15, 0.2) is 85.0 Å². The van der Waals surface area contributed by atoms with Crippen LogP contribution in [0.3, 0.4) is 0 Å². The Labute approximate surface area is 447 Å². The minimum atomic E-state index is -0.484. The Balaban J connectivity index is 1.90. The van der Waals surface area contributed by atoms with Crippen LogP contribution in [0.4, 0.5) is 0 Å². The van der Waals surface area contributed by atoms with E-state index in [0.717, 1.165) is 127 Å². The van der Waals surface area contributed by atoms with Crippen molar-refractivity contribution in [3.05, 3.63) is 152 Å². The molecule has 0 heterocycles. The van der Waals surface area contributed by atoms with Gasteiger partial charge in [0.1, 0.15) is 69.2 Å². The van der Waals surface area contributed by atoms with Gasteiger partial charge in [-0.05, 0) is 139 Å². The van der Waals surface area contributed by atoms with E-state index in [2.05, 4.69) is 96.0 Å². The highest BCUT2D eigenvalue weighted by Gasteiger charge is 2.25. The first-order chi connectivity index (χ1) is 36.2. The molecule has 1 N–H and O–H groups in total. The predicted octanol–water partition coefficient (Wildman–Crippen LogP) is 12.6. The summed E-state index contributed by atoms with van der Waals surface area (Å²) in [6.45, 7) is 25.2. The van der Waals surface area contributed by atoms with Crippen molar-refractivity contribution in [1.29, 1.82) is 0 Å². The summed E-state index contributed by atoms with van der Waals surface area (Å²) in [5, 5.41) is 10.3. The molecule has 5 rings (SSSR count). The first-order valence-corrected chi connectivity index (χ1v) is 27.4. The number of aliphatic hydroxyl groups excluding tert-OH is 1. The molecule has 11 nitrogen and oxygen atoms in total. The first-order valence-electron chi connectivity index (χ1n) is 27.4. The second-order valence-corrected chi connectivity index (χ2v) is 20.0. The number of rotatable bonds is 30. The van der Waals surface area contributed by atoms with Crippen LogP contribution in [0, 0.1) is 0 Å². The van der Waals surface area contributed by atoms with Gasteiger partial charge in [0.05, 0.1) is 6.61 Å². The molecule has 0 spiro atoms. The van der Waals surface area contributed by atoms with Gasteiger partial charge in [-0.15, -0.1) is 0 Å². The molecule has 11 heteroatoms. The molecule has 4 aromatic rings. The first kappa shape index (κ1) is 59.5. The molecule has 0 radical (unpaired) electrons. The highest BCUT2D eigenvalue weighted by molar-refractivity contribution is 5.87. The van der Waals surface area contributed by atoms with E-state index in [1.54, 1.807) is 20.8 Å². The van der Waals surface area contributed by atoms with Crippen molar-refractivity contribution < 1.29 is 52.6 Å². The van der Waals surface area contributed by atoms with Crippen molar-refractivity contribution in [2.45, 2.75) is 151 Å². The minimum Gasteiger partial charge on any atom is -0.491 e. The minimum absolute atomic E-state index is 0.0165. The third-order valence-corrected chi connectivity index (χ3v) is 13.1. The zero-order valence-electron chi connectivity index (χ0n) is 46.2. The van der Waals surface area contributed by atoms with Gasteiger partial charge in [0.15, 0.2) is 0 Å². The predicted molar refractivity (Wildman–Crippen MR) is 298 cm³/mol. The molecular formula is C64H84O11. The summed E-state index contributed by atoms with van der Waals surface area (Å²) in [5.74, 6) is 1.33. The molecule has 0 unspecified atom stereocenters. The van der Waals surface area contributed by atoms with Gasteiger partial charge in [-0.25, -0.2) is 14.4 Å². The van der Waals surface area contributed by atoms with Gasteiger partial charge in [-0.3, -0.25) is 0 Å². The average molecular weight is 1030 g/mol. The van der Waals surface area contributed by atoms with Crippen LogP contribution >= 0.6 is 0 Å². The summed E-state index contributed by atoms with van der Waals surface area (Å²) in [4.78, 5) is 37.8. The van der Waals surface area contributed by atoms with Gasteiger partial charge in [-0.1, -0.05) is 122 Å². The van der Waals surface area contributed by atoms with E-state index < -0.39 is 17.9 Å². The zero-order valence-corrected chi connectivity index (χ0v) is 46.2. The molecule has 0 atom stereocenters. The Bertz CT molecular complexity index is 2460. The van der Waals surface area contributed by atoms with E-state index in [0.29, 0.717) is 65.4 Å². The van der Waals surface area contributed by atoms with Crippen LogP contribution in [0.25, 0.3) is 0 Å². The monoisotopic (exact) mass is 1030 g/mol. The van der Waals surface area contributed by atoms with Gasteiger partial charge >= 0.3 is 17.9 Å². The molecule has 406 valence electrons. The normalized spacial score (nSPS) is 11.8. The molecule has 75 heavy (non-hydrogen) atoms. The lowest BCUT2D eigenvalue weighted by Crippen LogP contribution is -2.16. The molecule has 8 bridgehead atoms. The fourth-order valence-electron chi connectivity index (χ4n) is 9.37. The van der Waals surface area contributed by atoms with E-state index in [1.807, 2.05) is 0 Å². The Morgan fingerprint density at radius 3 is 0.787 bits per heavy atom. The summed E-state index contributed by atoms with van der Waals surface area (Å²) in [7, 11) is 0. The molecule has 4 aromatic carbocycles. The lowest BCUT2D eigenvalue weighted by Gasteiger charge is -2.25. The van der Waals surface area contributed by atoms with E-state index in [-0.39, 0.29) is 52.9 Å². The van der Waals surface area contributed by atoms with Crippen LogP contribution in [0.1, 0.15) is 167 Å². The highest BCUT2D eigenvalue weighted by atomic mass is 16.6. The number of carbonyl (C=O) groups excluding carboxylic acids is 3. The second kappa shape index (κ2) is 30.9. The molecule has 0 amide bonds. The van der Waals surface area contributed by atoms with Gasteiger partial charge in [-0.2, -0.15) is 0 Å². The van der Waals surface area contributed by atoms with Gasteiger partial charge in [0, 0.05) is 42.4 Å². The number of benzene rings is 4. The van der Waals surface area contributed by atoms with Crippen molar-refractivity contribution in [3.63, 3.8) is 0 Å². The van der Waals surface area contributed by atoms with Crippen LogP contribution in [0.5, 0.6) is 23.0 Å². The average Bonchev–Trinajstić information content (AvgIpc) is 3.38. The lowest BCUT2D eigenvalue weighted by atomic mass is 9.87. The fourth-order valence-corrected chi connectivity index (χ4v) is 9.37. The molecule has 1 aliphatic carbocycles. The largest absolute Gasteiger partial charge is 0.491 e. The van der Waals surface area contributed by atoms with Crippen LogP contribution in [0.2, 0.25) is 0 Å². The number of fused-ring (bicyclic) bond motifs is 8. The lowest BCUT2D eigenvalue weighted by molar-refractivity contribution is -0.140. The Morgan fingerprint density at radius 1 is 0.387 bits per heavy atom. The van der Waals surface area contributed by atoms with E-state index in [9.17, 15) is 19.5 Å². The van der Waals surface area contributed by atoms with Crippen molar-refractivity contribution in [1.82, 2.24) is 0 Å².